The number of hydrogen-bond acceptors (Lipinski definition) is 4. The lowest BCUT2D eigenvalue weighted by molar-refractivity contribution is 0.0731. The molecule has 1 aromatic heterocycles. The average molecular weight is 408 g/mol. The number of carbonyl (C=O) groups excluding carboxylic acids is 1. The number of aromatic nitrogens is 1. The van der Waals surface area contributed by atoms with E-state index in [1.165, 1.54) is 42.6 Å². The third-order valence-electron chi connectivity index (χ3n) is 6.38. The minimum atomic E-state index is -0.0230. The number of ether oxygens (including phenoxy) is 1. The zero-order chi connectivity index (χ0) is 20.9. The molecule has 1 atom stereocenters. The molecular weight excluding hydrogens is 374 g/mol. The lowest BCUT2D eigenvalue weighted by Crippen LogP contribution is -2.38. The van der Waals surface area contributed by atoms with Crippen LogP contribution in [0.5, 0.6) is 5.75 Å². The van der Waals surface area contributed by atoms with Crippen LogP contribution >= 0.6 is 0 Å². The summed E-state index contributed by atoms with van der Waals surface area (Å²) in [7, 11) is 1.90. The molecule has 1 aromatic carbocycles. The second kappa shape index (κ2) is 9.61. The molecule has 160 valence electrons. The van der Waals surface area contributed by atoms with Crippen LogP contribution in [0.3, 0.4) is 0 Å². The van der Waals surface area contributed by atoms with Crippen LogP contribution < -0.4 is 4.74 Å². The summed E-state index contributed by atoms with van der Waals surface area (Å²) in [5.41, 5.74) is 4.64. The second-order valence-corrected chi connectivity index (χ2v) is 8.65. The largest absolute Gasteiger partial charge is 0.492 e. The van der Waals surface area contributed by atoms with Gasteiger partial charge < -0.3 is 9.64 Å². The summed E-state index contributed by atoms with van der Waals surface area (Å²) in [6.07, 6.45) is 8.25. The number of rotatable bonds is 8. The van der Waals surface area contributed by atoms with Gasteiger partial charge in [0.05, 0.1) is 12.8 Å². The fourth-order valence-corrected chi connectivity index (χ4v) is 4.49. The maximum absolute atomic E-state index is 13.0. The van der Waals surface area contributed by atoms with Crippen molar-refractivity contribution >= 4 is 5.91 Å². The smallest absolute Gasteiger partial charge is 0.272 e. The molecule has 1 unspecified atom stereocenters. The highest BCUT2D eigenvalue weighted by Crippen LogP contribution is 2.28. The normalized spacial score (nSPS) is 18.4. The number of carbonyl (C=O) groups is 1. The van der Waals surface area contributed by atoms with E-state index in [9.17, 15) is 4.79 Å². The average Bonchev–Trinajstić information content (AvgIpc) is 3.43. The lowest BCUT2D eigenvalue weighted by Gasteiger charge is -2.24. The molecule has 1 amide bonds. The van der Waals surface area contributed by atoms with E-state index in [4.69, 9.17) is 4.74 Å². The van der Waals surface area contributed by atoms with Crippen molar-refractivity contribution in [2.45, 2.75) is 58.0 Å². The Labute approximate surface area is 180 Å². The van der Waals surface area contributed by atoms with Gasteiger partial charge in [-0.2, -0.15) is 0 Å². The number of unbranched alkanes of at least 4 members (excludes halogenated alkanes) is 1. The van der Waals surface area contributed by atoms with Gasteiger partial charge in [0, 0.05) is 19.6 Å². The molecule has 5 heteroatoms. The first-order valence-electron chi connectivity index (χ1n) is 11.3. The van der Waals surface area contributed by atoms with Gasteiger partial charge in [0.15, 0.2) is 0 Å². The Hall–Kier alpha value is -2.40. The molecule has 0 radical (unpaired) electrons. The van der Waals surface area contributed by atoms with E-state index in [2.05, 4.69) is 35.0 Å². The van der Waals surface area contributed by atoms with E-state index in [0.29, 0.717) is 12.3 Å². The first-order chi connectivity index (χ1) is 14.6. The van der Waals surface area contributed by atoms with Gasteiger partial charge in [-0.3, -0.25) is 9.69 Å². The van der Waals surface area contributed by atoms with Crippen LogP contribution in [-0.2, 0) is 19.4 Å². The van der Waals surface area contributed by atoms with E-state index >= 15 is 0 Å². The Bertz CT molecular complexity index is 859. The molecule has 4 rings (SSSR count). The summed E-state index contributed by atoms with van der Waals surface area (Å²) in [6, 6.07) is 10.7. The number of hydrogen-bond donors (Lipinski definition) is 0. The maximum atomic E-state index is 13.0. The van der Waals surface area contributed by atoms with Gasteiger partial charge in [0.1, 0.15) is 11.4 Å². The van der Waals surface area contributed by atoms with Crippen LogP contribution in [0.1, 0.15) is 59.8 Å². The molecule has 2 heterocycles. The van der Waals surface area contributed by atoms with Crippen molar-refractivity contribution in [1.29, 1.82) is 0 Å². The maximum Gasteiger partial charge on any atom is 0.272 e. The summed E-state index contributed by atoms with van der Waals surface area (Å²) in [6.45, 7) is 6.29. The number of nitrogens with zero attached hydrogens (tertiary/aromatic N) is 3. The third-order valence-corrected chi connectivity index (χ3v) is 6.38. The highest BCUT2D eigenvalue weighted by Gasteiger charge is 2.29. The molecule has 0 saturated carbocycles. The Morgan fingerprint density at radius 3 is 2.70 bits per heavy atom. The third kappa shape index (κ3) is 4.84. The summed E-state index contributed by atoms with van der Waals surface area (Å²) in [5.74, 6) is 0.701. The predicted molar refractivity (Wildman–Crippen MR) is 119 cm³/mol. The Kier molecular flexibility index (Phi) is 6.68. The zero-order valence-electron chi connectivity index (χ0n) is 18.3. The molecule has 30 heavy (non-hydrogen) atoms. The number of benzene rings is 1. The molecule has 1 fully saturated rings. The van der Waals surface area contributed by atoms with Crippen LogP contribution in [0, 0.1) is 0 Å². The standard InChI is InChI=1S/C25H33N3O2/c1-3-4-13-30-23-9-10-24(26-17-23)25(29)27(2)22-15-20-8-7-19(14-21(20)16-22)18-28-11-5-6-12-28/h7-10,14,17,22H,3-6,11-13,15-16,18H2,1-2H3. The summed E-state index contributed by atoms with van der Waals surface area (Å²) >= 11 is 0. The summed E-state index contributed by atoms with van der Waals surface area (Å²) in [5, 5.41) is 0. The molecule has 1 aliphatic carbocycles. The van der Waals surface area contributed by atoms with E-state index in [-0.39, 0.29) is 11.9 Å². The van der Waals surface area contributed by atoms with Crippen molar-refractivity contribution in [2.24, 2.45) is 0 Å². The zero-order valence-corrected chi connectivity index (χ0v) is 18.3. The number of fused-ring (bicyclic) bond motifs is 1. The Balaban J connectivity index is 1.36. The highest BCUT2D eigenvalue weighted by atomic mass is 16.5. The second-order valence-electron chi connectivity index (χ2n) is 8.65. The highest BCUT2D eigenvalue weighted by molar-refractivity contribution is 5.92. The van der Waals surface area contributed by atoms with E-state index in [1.807, 2.05) is 18.0 Å². The molecule has 0 spiro atoms. The topological polar surface area (TPSA) is 45.7 Å². The number of likely N-dealkylation sites (N-methyl/N-ethyl adjacent to an activating group) is 1. The summed E-state index contributed by atoms with van der Waals surface area (Å²) in [4.78, 5) is 21.7. The molecule has 0 N–H and O–H groups in total. The molecule has 1 saturated heterocycles. The van der Waals surface area contributed by atoms with Gasteiger partial charge in [-0.05, 0) is 74.0 Å². The van der Waals surface area contributed by atoms with Crippen LogP contribution in [0.4, 0.5) is 0 Å². The number of pyridine rings is 1. The van der Waals surface area contributed by atoms with Gasteiger partial charge in [-0.1, -0.05) is 31.5 Å². The number of likely N-dealkylation sites (tertiary alicyclic amines) is 1. The van der Waals surface area contributed by atoms with Gasteiger partial charge in [-0.15, -0.1) is 0 Å². The first kappa shape index (κ1) is 20.9. The fourth-order valence-electron chi connectivity index (χ4n) is 4.49. The van der Waals surface area contributed by atoms with Crippen molar-refractivity contribution in [3.63, 3.8) is 0 Å². The van der Waals surface area contributed by atoms with Crippen molar-refractivity contribution in [2.75, 3.05) is 26.7 Å². The quantitative estimate of drug-likeness (QED) is 0.618. The van der Waals surface area contributed by atoms with Crippen molar-refractivity contribution in [1.82, 2.24) is 14.8 Å². The van der Waals surface area contributed by atoms with Gasteiger partial charge >= 0.3 is 0 Å². The number of amides is 1. The molecule has 1 aliphatic heterocycles. The Morgan fingerprint density at radius 1 is 1.17 bits per heavy atom. The minimum absolute atomic E-state index is 0.0230. The van der Waals surface area contributed by atoms with Crippen molar-refractivity contribution in [3.05, 3.63) is 58.9 Å². The SMILES string of the molecule is CCCCOc1ccc(C(=O)N(C)C2Cc3ccc(CN4CCCC4)cc3C2)nc1. The van der Waals surface area contributed by atoms with Gasteiger partial charge in [0.25, 0.3) is 5.91 Å². The first-order valence-corrected chi connectivity index (χ1v) is 11.3. The van der Waals surface area contributed by atoms with Crippen molar-refractivity contribution < 1.29 is 9.53 Å². The van der Waals surface area contributed by atoms with Crippen molar-refractivity contribution in [3.8, 4) is 5.75 Å². The minimum Gasteiger partial charge on any atom is -0.492 e. The fraction of sp³-hybridized carbons (Fsp3) is 0.520. The Morgan fingerprint density at radius 2 is 1.97 bits per heavy atom. The molecule has 0 bridgehead atoms. The van der Waals surface area contributed by atoms with E-state index in [0.717, 1.165) is 38.0 Å². The molecule has 2 aromatic rings. The van der Waals surface area contributed by atoms with Gasteiger partial charge in [-0.25, -0.2) is 4.98 Å². The summed E-state index contributed by atoms with van der Waals surface area (Å²) < 4.78 is 5.65. The molecule has 5 nitrogen and oxygen atoms in total. The lowest BCUT2D eigenvalue weighted by atomic mass is 10.1. The monoisotopic (exact) mass is 407 g/mol. The molecule has 2 aliphatic rings. The van der Waals surface area contributed by atoms with Crippen LogP contribution in [0.15, 0.2) is 36.5 Å². The van der Waals surface area contributed by atoms with Gasteiger partial charge in [0.2, 0.25) is 0 Å². The van der Waals surface area contributed by atoms with E-state index in [1.54, 1.807) is 12.3 Å². The van der Waals surface area contributed by atoms with Crippen LogP contribution in [0.25, 0.3) is 0 Å². The predicted octanol–water partition coefficient (Wildman–Crippen LogP) is 4.10. The van der Waals surface area contributed by atoms with Crippen LogP contribution in [-0.4, -0.2) is 53.5 Å². The van der Waals surface area contributed by atoms with Crippen LogP contribution in [0.2, 0.25) is 0 Å². The van der Waals surface area contributed by atoms with E-state index < -0.39 is 0 Å². The molecular formula is C25H33N3O2.